The third-order valence-electron chi connectivity index (χ3n) is 3.29. The van der Waals surface area contributed by atoms with Gasteiger partial charge in [-0.3, -0.25) is 0 Å². The highest BCUT2D eigenvalue weighted by Gasteiger charge is 2.24. The van der Waals surface area contributed by atoms with E-state index < -0.39 is 0 Å². The maximum atomic E-state index is 6.12. The molecule has 1 aromatic carbocycles. The van der Waals surface area contributed by atoms with Gasteiger partial charge in [0.1, 0.15) is 0 Å². The van der Waals surface area contributed by atoms with Gasteiger partial charge in [0, 0.05) is 25.2 Å². The first-order valence-electron chi connectivity index (χ1n) is 6.47. The van der Waals surface area contributed by atoms with E-state index in [-0.39, 0.29) is 12.2 Å². The van der Waals surface area contributed by atoms with E-state index in [4.69, 9.17) is 19.9 Å². The number of rotatable bonds is 3. The van der Waals surface area contributed by atoms with Gasteiger partial charge >= 0.3 is 0 Å². The van der Waals surface area contributed by atoms with Crippen LogP contribution in [0, 0.1) is 0 Å². The number of morpholine rings is 1. The lowest BCUT2D eigenvalue weighted by molar-refractivity contribution is -0.00518. The van der Waals surface area contributed by atoms with Gasteiger partial charge in [-0.25, -0.2) is 0 Å². The summed E-state index contributed by atoms with van der Waals surface area (Å²) in [6, 6.07) is 3.73. The zero-order valence-electron chi connectivity index (χ0n) is 12.0. The molecule has 0 aliphatic carbocycles. The Kier molecular flexibility index (Phi) is 4.04. The minimum atomic E-state index is 0.191. The van der Waals surface area contributed by atoms with Crippen LogP contribution < -0.4 is 20.1 Å². The molecule has 5 heteroatoms. The molecule has 106 valence electrons. The molecule has 1 fully saturated rings. The first-order chi connectivity index (χ1) is 9.05. The van der Waals surface area contributed by atoms with Gasteiger partial charge in [0.25, 0.3) is 0 Å². The van der Waals surface area contributed by atoms with Gasteiger partial charge < -0.3 is 24.8 Å². The Labute approximate surface area is 114 Å². The number of benzene rings is 1. The summed E-state index contributed by atoms with van der Waals surface area (Å²) in [6.07, 6.45) is 0.382. The van der Waals surface area contributed by atoms with Crippen LogP contribution >= 0.6 is 0 Å². The second-order valence-corrected chi connectivity index (χ2v) is 4.93. The van der Waals surface area contributed by atoms with Crippen molar-refractivity contribution in [1.82, 2.24) is 0 Å². The number of methoxy groups -OCH3 is 2. The van der Waals surface area contributed by atoms with Gasteiger partial charge in [-0.05, 0) is 13.8 Å². The largest absolute Gasteiger partial charge is 0.493 e. The highest BCUT2D eigenvalue weighted by atomic mass is 16.5. The van der Waals surface area contributed by atoms with Crippen LogP contribution in [-0.4, -0.2) is 39.5 Å². The molecule has 1 aliphatic heterocycles. The number of ether oxygens (including phenoxy) is 3. The second kappa shape index (κ2) is 5.57. The highest BCUT2D eigenvalue weighted by molar-refractivity contribution is 5.73. The van der Waals surface area contributed by atoms with Gasteiger partial charge in [-0.1, -0.05) is 0 Å². The number of hydrogen-bond acceptors (Lipinski definition) is 5. The van der Waals surface area contributed by atoms with E-state index in [1.54, 1.807) is 20.3 Å². The van der Waals surface area contributed by atoms with Crippen molar-refractivity contribution in [1.29, 1.82) is 0 Å². The first-order valence-corrected chi connectivity index (χ1v) is 6.47. The van der Waals surface area contributed by atoms with Crippen LogP contribution in [0.25, 0.3) is 0 Å². The van der Waals surface area contributed by atoms with E-state index in [2.05, 4.69) is 18.7 Å². The van der Waals surface area contributed by atoms with Crippen LogP contribution in [0.2, 0.25) is 0 Å². The first kappa shape index (κ1) is 13.8. The highest BCUT2D eigenvalue weighted by Crippen LogP contribution is 2.37. The lowest BCUT2D eigenvalue weighted by Crippen LogP contribution is -2.45. The summed E-state index contributed by atoms with van der Waals surface area (Å²) >= 11 is 0. The monoisotopic (exact) mass is 266 g/mol. The molecule has 0 bridgehead atoms. The molecule has 5 nitrogen and oxygen atoms in total. The quantitative estimate of drug-likeness (QED) is 0.847. The van der Waals surface area contributed by atoms with Crippen LogP contribution in [0.1, 0.15) is 13.8 Å². The van der Waals surface area contributed by atoms with Crippen molar-refractivity contribution < 1.29 is 14.2 Å². The molecule has 1 aromatic rings. The molecule has 0 amide bonds. The molecule has 0 aromatic heterocycles. The predicted molar refractivity (Wildman–Crippen MR) is 76.2 cm³/mol. The SMILES string of the molecule is COc1cc(N)c(N2CC(C)OC(C)C2)cc1OC. The fourth-order valence-electron chi connectivity index (χ4n) is 2.53. The topological polar surface area (TPSA) is 57.0 Å². The fraction of sp³-hybridized carbons (Fsp3) is 0.571. The van der Waals surface area contributed by atoms with E-state index in [9.17, 15) is 0 Å². The van der Waals surface area contributed by atoms with Crippen LogP contribution in [0.15, 0.2) is 12.1 Å². The third kappa shape index (κ3) is 2.87. The van der Waals surface area contributed by atoms with Crippen LogP contribution in [-0.2, 0) is 4.74 Å². The Hall–Kier alpha value is -1.62. The fourth-order valence-corrected chi connectivity index (χ4v) is 2.53. The molecule has 19 heavy (non-hydrogen) atoms. The van der Waals surface area contributed by atoms with E-state index >= 15 is 0 Å². The summed E-state index contributed by atoms with van der Waals surface area (Å²) in [5, 5.41) is 0. The van der Waals surface area contributed by atoms with E-state index in [1.165, 1.54) is 0 Å². The van der Waals surface area contributed by atoms with Crippen LogP contribution in [0.3, 0.4) is 0 Å². The van der Waals surface area contributed by atoms with Gasteiger partial charge in [-0.2, -0.15) is 0 Å². The van der Waals surface area contributed by atoms with Crippen molar-refractivity contribution in [2.24, 2.45) is 0 Å². The van der Waals surface area contributed by atoms with Crippen molar-refractivity contribution in [3.05, 3.63) is 12.1 Å². The minimum Gasteiger partial charge on any atom is -0.493 e. The zero-order valence-corrected chi connectivity index (χ0v) is 12.0. The normalized spacial score (nSPS) is 23.3. The summed E-state index contributed by atoms with van der Waals surface area (Å²) in [7, 11) is 3.23. The molecule has 0 spiro atoms. The molecule has 2 unspecified atom stereocenters. The van der Waals surface area contributed by atoms with Gasteiger partial charge in [0.05, 0.1) is 37.8 Å². The molecule has 1 heterocycles. The third-order valence-corrected chi connectivity index (χ3v) is 3.29. The number of nitrogen functional groups attached to an aromatic ring is 1. The summed E-state index contributed by atoms with van der Waals surface area (Å²) in [5.41, 5.74) is 7.79. The Bertz CT molecular complexity index is 441. The van der Waals surface area contributed by atoms with E-state index in [0.29, 0.717) is 17.2 Å². The summed E-state index contributed by atoms with van der Waals surface area (Å²) in [5.74, 6) is 1.34. The predicted octanol–water partition coefficient (Wildman–Crippen LogP) is 1.90. The van der Waals surface area contributed by atoms with Crippen molar-refractivity contribution in [2.75, 3.05) is 37.9 Å². The average Bonchev–Trinajstić information content (AvgIpc) is 2.37. The molecular formula is C14H22N2O3. The lowest BCUT2D eigenvalue weighted by atomic mass is 10.1. The Morgan fingerprint density at radius 3 is 2.16 bits per heavy atom. The lowest BCUT2D eigenvalue weighted by Gasteiger charge is -2.37. The minimum absolute atomic E-state index is 0.191. The molecular weight excluding hydrogens is 244 g/mol. The zero-order chi connectivity index (χ0) is 14.0. The smallest absolute Gasteiger partial charge is 0.162 e. The molecule has 1 aliphatic rings. The molecule has 2 N–H and O–H groups in total. The summed E-state index contributed by atoms with van der Waals surface area (Å²) < 4.78 is 16.3. The Balaban J connectivity index is 2.33. The molecule has 2 atom stereocenters. The van der Waals surface area contributed by atoms with Gasteiger partial charge in [-0.15, -0.1) is 0 Å². The van der Waals surface area contributed by atoms with Gasteiger partial charge in [0.2, 0.25) is 0 Å². The number of hydrogen-bond donors (Lipinski definition) is 1. The molecule has 1 saturated heterocycles. The Morgan fingerprint density at radius 2 is 1.63 bits per heavy atom. The summed E-state index contributed by atoms with van der Waals surface area (Å²) in [6.45, 7) is 5.78. The molecule has 0 saturated carbocycles. The number of nitrogens with zero attached hydrogens (tertiary/aromatic N) is 1. The van der Waals surface area contributed by atoms with Crippen LogP contribution in [0.4, 0.5) is 11.4 Å². The molecule has 2 rings (SSSR count). The molecule has 0 radical (unpaired) electrons. The van der Waals surface area contributed by atoms with E-state index in [1.807, 2.05) is 6.07 Å². The maximum Gasteiger partial charge on any atom is 0.162 e. The van der Waals surface area contributed by atoms with Crippen LogP contribution in [0.5, 0.6) is 11.5 Å². The second-order valence-electron chi connectivity index (χ2n) is 4.93. The summed E-state index contributed by atoms with van der Waals surface area (Å²) in [4.78, 5) is 2.23. The average molecular weight is 266 g/mol. The van der Waals surface area contributed by atoms with Crippen molar-refractivity contribution in [3.8, 4) is 11.5 Å². The Morgan fingerprint density at radius 1 is 1.11 bits per heavy atom. The standard InChI is InChI=1S/C14H22N2O3/c1-9-7-16(8-10(2)19-9)12-6-14(18-4)13(17-3)5-11(12)15/h5-6,9-10H,7-8,15H2,1-4H3. The van der Waals surface area contributed by atoms with Gasteiger partial charge in [0.15, 0.2) is 11.5 Å². The van der Waals surface area contributed by atoms with Crippen molar-refractivity contribution >= 4 is 11.4 Å². The number of nitrogens with two attached hydrogens (primary N) is 1. The maximum absolute atomic E-state index is 6.12. The number of anilines is 2. The van der Waals surface area contributed by atoms with Crippen molar-refractivity contribution in [2.45, 2.75) is 26.1 Å². The van der Waals surface area contributed by atoms with Crippen molar-refractivity contribution in [3.63, 3.8) is 0 Å². The van der Waals surface area contributed by atoms with E-state index in [0.717, 1.165) is 18.8 Å².